The van der Waals surface area contributed by atoms with Gasteiger partial charge in [0.1, 0.15) is 0 Å². The molecule has 0 aromatic heterocycles. The van der Waals surface area contributed by atoms with Crippen molar-refractivity contribution in [2.45, 2.75) is 20.8 Å². The maximum atomic E-state index is 12.6. The highest BCUT2D eigenvalue weighted by molar-refractivity contribution is 6.06. The third-order valence-corrected chi connectivity index (χ3v) is 3.40. The Morgan fingerprint density at radius 1 is 1.09 bits per heavy atom. The Morgan fingerprint density at radius 3 is 2.09 bits per heavy atom. The van der Waals surface area contributed by atoms with Crippen LogP contribution < -0.4 is 4.90 Å². The molecular weight excluding hydrogens is 280 g/mol. The molecule has 0 aliphatic heterocycles. The first kappa shape index (κ1) is 15.7. The summed E-state index contributed by atoms with van der Waals surface area (Å²) < 4.78 is 0. The van der Waals surface area contributed by atoms with Gasteiger partial charge in [0, 0.05) is 29.9 Å². The summed E-state index contributed by atoms with van der Waals surface area (Å²) in [7, 11) is 0. The minimum Gasteiger partial charge on any atom is -0.309 e. The Kier molecular flexibility index (Phi) is 4.56. The fourth-order valence-corrected chi connectivity index (χ4v) is 2.43. The van der Waals surface area contributed by atoms with Crippen LogP contribution in [-0.4, -0.2) is 17.4 Å². The zero-order chi connectivity index (χ0) is 16.3. The van der Waals surface area contributed by atoms with Crippen LogP contribution in [0.25, 0.3) is 0 Å². The topological polar surface area (TPSA) is 63.5 Å². The smallest absolute Gasteiger partial charge is 0.269 e. The molecule has 0 aliphatic carbocycles. The van der Waals surface area contributed by atoms with Crippen LogP contribution in [0.1, 0.15) is 28.4 Å². The second-order valence-corrected chi connectivity index (χ2v) is 5.20. The summed E-state index contributed by atoms with van der Waals surface area (Å²) in [5, 5.41) is 10.7. The zero-order valence-corrected chi connectivity index (χ0v) is 12.9. The number of carbonyl (C=O) groups excluding carboxylic acids is 1. The van der Waals surface area contributed by atoms with Crippen molar-refractivity contribution in [3.8, 4) is 0 Å². The predicted molar refractivity (Wildman–Crippen MR) is 86.4 cm³/mol. The Morgan fingerprint density at radius 2 is 1.64 bits per heavy atom. The van der Waals surface area contributed by atoms with E-state index >= 15 is 0 Å². The van der Waals surface area contributed by atoms with Gasteiger partial charge in [-0.2, -0.15) is 0 Å². The van der Waals surface area contributed by atoms with E-state index < -0.39 is 4.92 Å². The van der Waals surface area contributed by atoms with Crippen molar-refractivity contribution < 1.29 is 9.72 Å². The number of nitro benzene ring substituents is 1. The quantitative estimate of drug-likeness (QED) is 0.635. The highest BCUT2D eigenvalue weighted by Crippen LogP contribution is 2.21. The van der Waals surface area contributed by atoms with Gasteiger partial charge in [0.25, 0.3) is 11.6 Å². The van der Waals surface area contributed by atoms with Gasteiger partial charge in [-0.3, -0.25) is 14.9 Å². The fourth-order valence-electron chi connectivity index (χ4n) is 2.43. The Balaban J connectivity index is 2.34. The first-order valence-electron chi connectivity index (χ1n) is 7.07. The number of benzene rings is 2. The first-order chi connectivity index (χ1) is 10.4. The van der Waals surface area contributed by atoms with Crippen LogP contribution in [0.5, 0.6) is 0 Å². The average molecular weight is 298 g/mol. The van der Waals surface area contributed by atoms with Crippen LogP contribution in [0, 0.1) is 24.0 Å². The SMILES string of the molecule is CCN(C(=O)c1ccc([N+](=O)[O-])cc1)c1cc(C)cc(C)c1. The molecule has 5 nitrogen and oxygen atoms in total. The highest BCUT2D eigenvalue weighted by Gasteiger charge is 2.17. The molecule has 1 amide bonds. The molecule has 0 N–H and O–H groups in total. The summed E-state index contributed by atoms with van der Waals surface area (Å²) in [6.07, 6.45) is 0. The summed E-state index contributed by atoms with van der Waals surface area (Å²) >= 11 is 0. The van der Waals surface area contributed by atoms with Crippen molar-refractivity contribution in [3.05, 3.63) is 69.3 Å². The minimum atomic E-state index is -0.476. The number of carbonyl (C=O) groups is 1. The van der Waals surface area contributed by atoms with Gasteiger partial charge in [0.15, 0.2) is 0 Å². The van der Waals surface area contributed by atoms with E-state index in [1.165, 1.54) is 24.3 Å². The number of amides is 1. The summed E-state index contributed by atoms with van der Waals surface area (Å²) in [4.78, 5) is 24.5. The summed E-state index contributed by atoms with van der Waals surface area (Å²) in [5.41, 5.74) is 3.43. The summed E-state index contributed by atoms with van der Waals surface area (Å²) in [5.74, 6) is -0.164. The van der Waals surface area contributed by atoms with E-state index in [9.17, 15) is 14.9 Å². The van der Waals surface area contributed by atoms with Gasteiger partial charge in [-0.15, -0.1) is 0 Å². The predicted octanol–water partition coefficient (Wildman–Crippen LogP) is 3.88. The van der Waals surface area contributed by atoms with Crippen molar-refractivity contribution in [2.75, 3.05) is 11.4 Å². The standard InChI is InChI=1S/C17H18N2O3/c1-4-18(16-10-12(2)9-13(3)11-16)17(20)14-5-7-15(8-6-14)19(21)22/h5-11H,4H2,1-3H3. The van der Waals surface area contributed by atoms with Gasteiger partial charge in [-0.25, -0.2) is 0 Å². The maximum absolute atomic E-state index is 12.6. The first-order valence-corrected chi connectivity index (χ1v) is 7.07. The Bertz CT molecular complexity index is 688. The summed E-state index contributed by atoms with van der Waals surface area (Å²) in [6.45, 7) is 6.40. The average Bonchev–Trinajstić information content (AvgIpc) is 2.47. The molecule has 2 rings (SSSR count). The van der Waals surface area contributed by atoms with Crippen LogP contribution in [0.3, 0.4) is 0 Å². The molecule has 0 heterocycles. The molecule has 0 fully saturated rings. The molecule has 0 spiro atoms. The molecule has 114 valence electrons. The molecular formula is C17H18N2O3. The van der Waals surface area contributed by atoms with E-state index in [-0.39, 0.29) is 11.6 Å². The number of hydrogen-bond acceptors (Lipinski definition) is 3. The lowest BCUT2D eigenvalue weighted by Gasteiger charge is -2.22. The molecule has 0 aliphatic rings. The maximum Gasteiger partial charge on any atom is 0.269 e. The van der Waals surface area contributed by atoms with Gasteiger partial charge in [0.05, 0.1) is 4.92 Å². The molecule has 22 heavy (non-hydrogen) atoms. The normalized spacial score (nSPS) is 10.3. The van der Waals surface area contributed by atoms with E-state index in [4.69, 9.17) is 0 Å². The molecule has 2 aromatic rings. The number of hydrogen-bond donors (Lipinski definition) is 0. The molecule has 0 radical (unpaired) electrons. The van der Waals surface area contributed by atoms with Gasteiger partial charge < -0.3 is 4.90 Å². The molecule has 0 bridgehead atoms. The van der Waals surface area contributed by atoms with Crippen molar-refractivity contribution in [2.24, 2.45) is 0 Å². The third-order valence-electron chi connectivity index (χ3n) is 3.40. The molecule has 2 aromatic carbocycles. The lowest BCUT2D eigenvalue weighted by molar-refractivity contribution is -0.384. The van der Waals surface area contributed by atoms with Crippen molar-refractivity contribution in [1.29, 1.82) is 0 Å². The van der Waals surface area contributed by atoms with Gasteiger partial charge in [-0.1, -0.05) is 6.07 Å². The fraction of sp³-hybridized carbons (Fsp3) is 0.235. The Labute approximate surface area is 129 Å². The molecule has 0 unspecified atom stereocenters. The van der Waals surface area contributed by atoms with Gasteiger partial charge in [-0.05, 0) is 56.2 Å². The second kappa shape index (κ2) is 6.39. The lowest BCUT2D eigenvalue weighted by atomic mass is 10.1. The van der Waals surface area contributed by atoms with E-state index in [0.717, 1.165) is 16.8 Å². The van der Waals surface area contributed by atoms with Crippen LogP contribution in [0.15, 0.2) is 42.5 Å². The number of rotatable bonds is 4. The Hall–Kier alpha value is -2.69. The van der Waals surface area contributed by atoms with Crippen LogP contribution in [0.2, 0.25) is 0 Å². The zero-order valence-electron chi connectivity index (χ0n) is 12.9. The van der Waals surface area contributed by atoms with Crippen LogP contribution >= 0.6 is 0 Å². The highest BCUT2D eigenvalue weighted by atomic mass is 16.6. The number of anilines is 1. The lowest BCUT2D eigenvalue weighted by Crippen LogP contribution is -2.30. The number of aryl methyl sites for hydroxylation is 2. The number of non-ortho nitro benzene ring substituents is 1. The van der Waals surface area contributed by atoms with E-state index in [0.29, 0.717) is 12.1 Å². The molecule has 0 atom stereocenters. The van der Waals surface area contributed by atoms with E-state index in [1.807, 2.05) is 39.0 Å². The second-order valence-electron chi connectivity index (χ2n) is 5.20. The van der Waals surface area contributed by atoms with Crippen LogP contribution in [0.4, 0.5) is 11.4 Å². The van der Waals surface area contributed by atoms with Crippen molar-refractivity contribution in [3.63, 3.8) is 0 Å². The largest absolute Gasteiger partial charge is 0.309 e. The number of nitro groups is 1. The molecule has 0 saturated heterocycles. The molecule has 0 saturated carbocycles. The number of nitrogens with zero attached hydrogens (tertiary/aromatic N) is 2. The minimum absolute atomic E-state index is 0.0222. The van der Waals surface area contributed by atoms with Crippen molar-refractivity contribution in [1.82, 2.24) is 0 Å². The summed E-state index contributed by atoms with van der Waals surface area (Å²) in [6, 6.07) is 11.6. The van der Waals surface area contributed by atoms with Gasteiger partial charge in [0.2, 0.25) is 0 Å². The monoisotopic (exact) mass is 298 g/mol. The van der Waals surface area contributed by atoms with Crippen LogP contribution in [-0.2, 0) is 0 Å². The van der Waals surface area contributed by atoms with E-state index in [2.05, 4.69) is 0 Å². The van der Waals surface area contributed by atoms with Crippen molar-refractivity contribution >= 4 is 17.3 Å². The van der Waals surface area contributed by atoms with E-state index in [1.54, 1.807) is 4.90 Å². The molecule has 5 heteroatoms. The third kappa shape index (κ3) is 3.31. The van der Waals surface area contributed by atoms with Gasteiger partial charge >= 0.3 is 0 Å².